The van der Waals surface area contributed by atoms with Crippen LogP contribution in [0.5, 0.6) is 0 Å². The fraction of sp³-hybridized carbons (Fsp3) is 0.222. The highest BCUT2D eigenvalue weighted by Crippen LogP contribution is 2.25. The SMILES string of the molecule is C=C/C=C1/C(=O)OC(O)/C1=C/C. The Morgan fingerprint density at radius 3 is 2.83 bits per heavy atom. The van der Waals surface area contributed by atoms with E-state index < -0.39 is 12.3 Å². The molecule has 1 unspecified atom stereocenters. The molecular weight excluding hydrogens is 156 g/mol. The average Bonchev–Trinajstić information content (AvgIpc) is 2.28. The first kappa shape index (κ1) is 8.74. The predicted molar refractivity (Wildman–Crippen MR) is 44.1 cm³/mol. The molecule has 0 aromatic rings. The van der Waals surface area contributed by atoms with Gasteiger partial charge in [0.05, 0.1) is 5.57 Å². The van der Waals surface area contributed by atoms with Crippen molar-refractivity contribution in [2.24, 2.45) is 0 Å². The third-order valence-corrected chi connectivity index (χ3v) is 1.61. The first-order chi connectivity index (χ1) is 5.70. The Morgan fingerprint density at radius 2 is 2.33 bits per heavy atom. The molecule has 1 N–H and O–H groups in total. The van der Waals surface area contributed by atoms with Crippen molar-refractivity contribution in [3.63, 3.8) is 0 Å². The summed E-state index contributed by atoms with van der Waals surface area (Å²) in [7, 11) is 0. The molecule has 1 aliphatic rings. The smallest absolute Gasteiger partial charge is 0.341 e. The topological polar surface area (TPSA) is 46.5 Å². The van der Waals surface area contributed by atoms with Crippen molar-refractivity contribution < 1.29 is 14.6 Å². The van der Waals surface area contributed by atoms with Gasteiger partial charge in [0, 0.05) is 5.57 Å². The summed E-state index contributed by atoms with van der Waals surface area (Å²) in [6.45, 7) is 5.19. The van der Waals surface area contributed by atoms with Crippen LogP contribution in [-0.2, 0) is 9.53 Å². The number of aliphatic hydroxyl groups is 1. The molecule has 1 atom stereocenters. The third-order valence-electron chi connectivity index (χ3n) is 1.61. The molecule has 0 amide bonds. The number of aliphatic hydroxyl groups excluding tert-OH is 1. The van der Waals surface area contributed by atoms with Gasteiger partial charge in [-0.3, -0.25) is 0 Å². The molecule has 1 aliphatic heterocycles. The van der Waals surface area contributed by atoms with E-state index in [9.17, 15) is 4.79 Å². The van der Waals surface area contributed by atoms with Gasteiger partial charge in [-0.2, -0.15) is 0 Å². The maximum atomic E-state index is 11.0. The number of hydrogen-bond acceptors (Lipinski definition) is 3. The van der Waals surface area contributed by atoms with E-state index in [2.05, 4.69) is 11.3 Å². The van der Waals surface area contributed by atoms with Crippen LogP contribution in [0.3, 0.4) is 0 Å². The molecule has 64 valence electrons. The minimum atomic E-state index is -1.12. The molecule has 12 heavy (non-hydrogen) atoms. The minimum Gasteiger partial charge on any atom is -0.428 e. The number of allylic oxidation sites excluding steroid dienone is 3. The van der Waals surface area contributed by atoms with Gasteiger partial charge < -0.3 is 9.84 Å². The second-order valence-electron chi connectivity index (χ2n) is 2.32. The summed E-state index contributed by atoms with van der Waals surface area (Å²) in [4.78, 5) is 11.0. The maximum Gasteiger partial charge on any atom is 0.341 e. The lowest BCUT2D eigenvalue weighted by Crippen LogP contribution is -2.05. The van der Waals surface area contributed by atoms with E-state index in [4.69, 9.17) is 5.11 Å². The van der Waals surface area contributed by atoms with E-state index in [0.29, 0.717) is 11.1 Å². The second-order valence-corrected chi connectivity index (χ2v) is 2.32. The molecule has 3 nitrogen and oxygen atoms in total. The summed E-state index contributed by atoms with van der Waals surface area (Å²) < 4.78 is 4.56. The molecule has 1 fully saturated rings. The fourth-order valence-corrected chi connectivity index (χ4v) is 1.06. The van der Waals surface area contributed by atoms with Gasteiger partial charge in [-0.25, -0.2) is 4.79 Å². The summed E-state index contributed by atoms with van der Waals surface area (Å²) in [6, 6.07) is 0. The largest absolute Gasteiger partial charge is 0.428 e. The molecule has 0 aliphatic carbocycles. The molecule has 1 rings (SSSR count). The third kappa shape index (κ3) is 1.31. The molecule has 3 heteroatoms. The van der Waals surface area contributed by atoms with Crippen LogP contribution < -0.4 is 0 Å². The van der Waals surface area contributed by atoms with Crippen LogP contribution in [0.1, 0.15) is 6.92 Å². The van der Waals surface area contributed by atoms with Gasteiger partial charge in [0.25, 0.3) is 0 Å². The summed E-state index contributed by atoms with van der Waals surface area (Å²) in [5.41, 5.74) is 0.875. The zero-order valence-corrected chi connectivity index (χ0v) is 6.78. The van der Waals surface area contributed by atoms with Crippen LogP contribution in [0.15, 0.2) is 36.0 Å². The van der Waals surface area contributed by atoms with Crippen LogP contribution in [0.25, 0.3) is 0 Å². The predicted octanol–water partition coefficient (Wildman–Crippen LogP) is 0.920. The molecule has 0 bridgehead atoms. The van der Waals surface area contributed by atoms with Crippen LogP contribution in [-0.4, -0.2) is 17.4 Å². The molecule has 0 aromatic carbocycles. The van der Waals surface area contributed by atoms with Crippen molar-refractivity contribution in [3.05, 3.63) is 36.0 Å². The first-order valence-electron chi connectivity index (χ1n) is 3.59. The summed E-state index contributed by atoms with van der Waals surface area (Å²) in [5, 5.41) is 9.17. The first-order valence-corrected chi connectivity index (χ1v) is 3.59. The van der Waals surface area contributed by atoms with E-state index in [-0.39, 0.29) is 0 Å². The van der Waals surface area contributed by atoms with Crippen molar-refractivity contribution in [2.45, 2.75) is 13.2 Å². The quantitative estimate of drug-likeness (QED) is 0.465. The van der Waals surface area contributed by atoms with Crippen LogP contribution >= 0.6 is 0 Å². The Kier molecular flexibility index (Phi) is 2.45. The van der Waals surface area contributed by atoms with Gasteiger partial charge in [0.1, 0.15) is 0 Å². The highest BCUT2D eigenvalue weighted by Gasteiger charge is 2.31. The number of carbonyl (C=O) groups is 1. The average molecular weight is 166 g/mol. The van der Waals surface area contributed by atoms with Crippen molar-refractivity contribution >= 4 is 5.97 Å². The number of cyclic esters (lactones) is 1. The molecular formula is C9H10O3. The Labute approximate surface area is 70.7 Å². The van der Waals surface area contributed by atoms with E-state index in [1.807, 2.05) is 0 Å². The zero-order valence-electron chi connectivity index (χ0n) is 6.78. The number of ether oxygens (including phenoxy) is 1. The van der Waals surface area contributed by atoms with Gasteiger partial charge in [0.15, 0.2) is 0 Å². The van der Waals surface area contributed by atoms with Crippen LogP contribution in [0.4, 0.5) is 0 Å². The molecule has 0 radical (unpaired) electrons. The fourth-order valence-electron chi connectivity index (χ4n) is 1.06. The Balaban J connectivity index is 3.06. The normalized spacial score (nSPS) is 29.5. The number of carbonyl (C=O) groups excluding carboxylic acids is 1. The van der Waals surface area contributed by atoms with Gasteiger partial charge in [-0.15, -0.1) is 0 Å². The second kappa shape index (κ2) is 3.36. The van der Waals surface area contributed by atoms with Crippen molar-refractivity contribution in [3.8, 4) is 0 Å². The molecule has 1 heterocycles. The Morgan fingerprint density at radius 1 is 1.67 bits per heavy atom. The Bertz CT molecular complexity index is 273. The van der Waals surface area contributed by atoms with Crippen LogP contribution in [0.2, 0.25) is 0 Å². The lowest BCUT2D eigenvalue weighted by Gasteiger charge is -1.98. The van der Waals surface area contributed by atoms with Crippen molar-refractivity contribution in [2.75, 3.05) is 0 Å². The van der Waals surface area contributed by atoms with Crippen LogP contribution in [0, 0.1) is 0 Å². The lowest BCUT2D eigenvalue weighted by atomic mass is 10.1. The number of hydrogen-bond donors (Lipinski definition) is 1. The lowest BCUT2D eigenvalue weighted by molar-refractivity contribution is -0.149. The molecule has 0 aromatic heterocycles. The standard InChI is InChI=1S/C9H10O3/c1-3-5-7-6(4-2)8(10)12-9(7)11/h3-5,8,10H,1H2,2H3/b6-4+,7-5+. The molecule has 1 saturated heterocycles. The number of rotatable bonds is 1. The van der Waals surface area contributed by atoms with Gasteiger partial charge in [-0.05, 0) is 13.0 Å². The highest BCUT2D eigenvalue weighted by molar-refractivity contribution is 5.97. The van der Waals surface area contributed by atoms with E-state index in [0.717, 1.165) is 0 Å². The maximum absolute atomic E-state index is 11.0. The summed E-state index contributed by atoms with van der Waals surface area (Å²) in [5.74, 6) is -0.504. The van der Waals surface area contributed by atoms with Crippen molar-refractivity contribution in [1.29, 1.82) is 0 Å². The number of esters is 1. The molecule has 0 spiro atoms. The van der Waals surface area contributed by atoms with Gasteiger partial charge >= 0.3 is 5.97 Å². The zero-order chi connectivity index (χ0) is 9.14. The van der Waals surface area contributed by atoms with Crippen molar-refractivity contribution in [1.82, 2.24) is 0 Å². The highest BCUT2D eigenvalue weighted by atomic mass is 16.6. The molecule has 0 saturated carbocycles. The van der Waals surface area contributed by atoms with Gasteiger partial charge in [0.2, 0.25) is 6.29 Å². The van der Waals surface area contributed by atoms with E-state index in [1.54, 1.807) is 13.0 Å². The summed E-state index contributed by atoms with van der Waals surface area (Å²) >= 11 is 0. The monoisotopic (exact) mass is 166 g/mol. The van der Waals surface area contributed by atoms with E-state index >= 15 is 0 Å². The Hall–Kier alpha value is -1.35. The summed E-state index contributed by atoms with van der Waals surface area (Å²) in [6.07, 6.45) is 3.53. The van der Waals surface area contributed by atoms with Gasteiger partial charge in [-0.1, -0.05) is 18.7 Å². The van der Waals surface area contributed by atoms with E-state index in [1.165, 1.54) is 12.2 Å². The minimum absolute atomic E-state index is 0.375.